The van der Waals surface area contributed by atoms with Gasteiger partial charge in [0.05, 0.1) is 5.69 Å². The Bertz CT molecular complexity index is 888. The minimum Gasteiger partial charge on any atom is -0.466 e. The summed E-state index contributed by atoms with van der Waals surface area (Å²) < 4.78 is 5.86. The predicted octanol–water partition coefficient (Wildman–Crippen LogP) is 2.43. The first-order valence-electron chi connectivity index (χ1n) is 9.62. The lowest BCUT2D eigenvalue weighted by atomic mass is 10.00. The van der Waals surface area contributed by atoms with Gasteiger partial charge in [-0.15, -0.1) is 0 Å². The van der Waals surface area contributed by atoms with Crippen LogP contribution in [-0.4, -0.2) is 53.4 Å². The fourth-order valence-corrected chi connectivity index (χ4v) is 3.67. The van der Waals surface area contributed by atoms with Crippen LogP contribution in [0.15, 0.2) is 48.5 Å². The summed E-state index contributed by atoms with van der Waals surface area (Å²) in [6.07, 6.45) is 0. The first-order valence-corrected chi connectivity index (χ1v) is 9.62. The fourth-order valence-electron chi connectivity index (χ4n) is 3.67. The molecule has 2 aliphatic rings. The number of carbonyl (C=O) groups excluding carboxylic acids is 2. The van der Waals surface area contributed by atoms with Gasteiger partial charge in [0.2, 0.25) is 0 Å². The first-order chi connectivity index (χ1) is 13.5. The molecule has 4 rings (SSSR count). The molecule has 0 radical (unpaired) electrons. The van der Waals surface area contributed by atoms with Crippen LogP contribution in [0.5, 0.6) is 5.75 Å². The summed E-state index contributed by atoms with van der Waals surface area (Å²) >= 11 is 0. The molecule has 6 nitrogen and oxygen atoms in total. The van der Waals surface area contributed by atoms with E-state index in [0.717, 1.165) is 19.6 Å². The Morgan fingerprint density at radius 2 is 1.75 bits per heavy atom. The number of carbonyl (C=O) groups is 2. The molecule has 1 N–H and O–H groups in total. The van der Waals surface area contributed by atoms with Crippen molar-refractivity contribution in [3.8, 4) is 5.75 Å². The molecule has 1 fully saturated rings. The van der Waals surface area contributed by atoms with Crippen molar-refractivity contribution in [2.45, 2.75) is 26.0 Å². The monoisotopic (exact) mass is 379 g/mol. The second kappa shape index (κ2) is 7.28. The smallest absolute Gasteiger partial charge is 0.278 e. The van der Waals surface area contributed by atoms with Crippen LogP contribution in [0.3, 0.4) is 0 Å². The Hall–Kier alpha value is -2.86. The Morgan fingerprint density at radius 1 is 1.07 bits per heavy atom. The third-order valence-electron chi connectivity index (χ3n) is 5.48. The highest BCUT2D eigenvalue weighted by Crippen LogP contribution is 2.34. The number of benzene rings is 2. The molecule has 0 spiro atoms. The number of fused-ring (bicyclic) bond motifs is 1. The summed E-state index contributed by atoms with van der Waals surface area (Å²) in [6.45, 7) is 7.21. The standard InChI is InChI=1S/C22H25N3O3/c1-16-7-9-17(10-8-16)15-24-11-13-25(14-12-24)21(27)22(2)20(26)23-18-5-3-4-6-19(18)28-22/h3-10H,11-15H2,1-2H3,(H,23,26). The molecule has 0 aliphatic carbocycles. The summed E-state index contributed by atoms with van der Waals surface area (Å²) in [7, 11) is 0. The summed E-state index contributed by atoms with van der Waals surface area (Å²) in [6, 6.07) is 15.7. The van der Waals surface area contributed by atoms with E-state index >= 15 is 0 Å². The normalized spacial score (nSPS) is 22.2. The molecule has 6 heteroatoms. The van der Waals surface area contributed by atoms with Crippen LogP contribution in [0.2, 0.25) is 0 Å². The number of amides is 2. The van der Waals surface area contributed by atoms with Gasteiger partial charge in [-0.3, -0.25) is 14.5 Å². The van der Waals surface area contributed by atoms with Gasteiger partial charge in [-0.05, 0) is 31.5 Å². The van der Waals surface area contributed by atoms with Crippen molar-refractivity contribution >= 4 is 17.5 Å². The number of hydrogen-bond donors (Lipinski definition) is 1. The lowest BCUT2D eigenvalue weighted by Crippen LogP contribution is -2.62. The molecule has 2 amide bonds. The topological polar surface area (TPSA) is 61.9 Å². The summed E-state index contributed by atoms with van der Waals surface area (Å²) in [5.41, 5.74) is 1.58. The van der Waals surface area contributed by atoms with Gasteiger partial charge in [0.15, 0.2) is 0 Å². The Morgan fingerprint density at radius 3 is 2.46 bits per heavy atom. The molecule has 0 aromatic heterocycles. The molecule has 28 heavy (non-hydrogen) atoms. The van der Waals surface area contributed by atoms with Crippen molar-refractivity contribution in [1.82, 2.24) is 9.80 Å². The maximum atomic E-state index is 13.1. The van der Waals surface area contributed by atoms with Crippen molar-refractivity contribution in [3.63, 3.8) is 0 Å². The average Bonchev–Trinajstić information content (AvgIpc) is 2.70. The van der Waals surface area contributed by atoms with E-state index in [1.54, 1.807) is 24.0 Å². The molecule has 1 unspecified atom stereocenters. The number of aryl methyl sites for hydroxylation is 1. The van der Waals surface area contributed by atoms with E-state index in [1.165, 1.54) is 11.1 Å². The molecule has 0 saturated carbocycles. The number of hydrogen-bond acceptors (Lipinski definition) is 4. The molecule has 2 aromatic carbocycles. The van der Waals surface area contributed by atoms with E-state index in [-0.39, 0.29) is 5.91 Å². The highest BCUT2D eigenvalue weighted by atomic mass is 16.5. The van der Waals surface area contributed by atoms with Gasteiger partial charge >= 0.3 is 0 Å². The lowest BCUT2D eigenvalue weighted by molar-refractivity contribution is -0.155. The van der Waals surface area contributed by atoms with Gasteiger partial charge < -0.3 is 15.0 Å². The highest BCUT2D eigenvalue weighted by molar-refractivity contribution is 6.15. The second-order valence-corrected chi connectivity index (χ2v) is 7.64. The van der Waals surface area contributed by atoms with Crippen LogP contribution in [-0.2, 0) is 16.1 Å². The summed E-state index contributed by atoms with van der Waals surface area (Å²) in [4.78, 5) is 29.8. The van der Waals surface area contributed by atoms with E-state index in [4.69, 9.17) is 4.74 Å². The predicted molar refractivity (Wildman–Crippen MR) is 107 cm³/mol. The maximum absolute atomic E-state index is 13.1. The quantitative estimate of drug-likeness (QED) is 0.832. The van der Waals surface area contributed by atoms with Crippen LogP contribution in [0, 0.1) is 6.92 Å². The minimum atomic E-state index is -1.53. The van der Waals surface area contributed by atoms with Crippen LogP contribution >= 0.6 is 0 Å². The number of piperazine rings is 1. The Balaban J connectivity index is 1.40. The van der Waals surface area contributed by atoms with Gasteiger partial charge in [-0.25, -0.2) is 0 Å². The van der Waals surface area contributed by atoms with Crippen molar-refractivity contribution in [3.05, 3.63) is 59.7 Å². The van der Waals surface area contributed by atoms with Gasteiger partial charge in [0.25, 0.3) is 17.4 Å². The Kier molecular flexibility index (Phi) is 4.81. The lowest BCUT2D eigenvalue weighted by Gasteiger charge is -2.40. The van der Waals surface area contributed by atoms with E-state index in [1.807, 2.05) is 12.1 Å². The number of para-hydroxylation sites is 2. The van der Waals surface area contributed by atoms with E-state index in [9.17, 15) is 9.59 Å². The van der Waals surface area contributed by atoms with E-state index in [2.05, 4.69) is 41.4 Å². The summed E-state index contributed by atoms with van der Waals surface area (Å²) in [5, 5.41) is 2.79. The SMILES string of the molecule is Cc1ccc(CN2CCN(C(=O)C3(C)Oc4ccccc4NC3=O)CC2)cc1. The van der Waals surface area contributed by atoms with Gasteiger partial charge in [0, 0.05) is 32.7 Å². The number of anilines is 1. The zero-order chi connectivity index (χ0) is 19.7. The van der Waals surface area contributed by atoms with Crippen molar-refractivity contribution in [1.29, 1.82) is 0 Å². The molecule has 146 valence electrons. The van der Waals surface area contributed by atoms with Gasteiger partial charge in [0.1, 0.15) is 5.75 Å². The number of rotatable bonds is 3. The molecule has 2 aromatic rings. The number of nitrogens with zero attached hydrogens (tertiary/aromatic N) is 2. The largest absolute Gasteiger partial charge is 0.466 e. The van der Waals surface area contributed by atoms with Crippen LogP contribution in [0.4, 0.5) is 5.69 Å². The molecule has 0 bridgehead atoms. The molecular formula is C22H25N3O3. The molecular weight excluding hydrogens is 354 g/mol. The maximum Gasteiger partial charge on any atom is 0.278 e. The number of ether oxygens (including phenoxy) is 1. The first kappa shape index (κ1) is 18.5. The third-order valence-corrected chi connectivity index (χ3v) is 5.48. The van der Waals surface area contributed by atoms with E-state index in [0.29, 0.717) is 24.5 Å². The highest BCUT2D eigenvalue weighted by Gasteiger charge is 2.49. The third kappa shape index (κ3) is 3.47. The van der Waals surface area contributed by atoms with E-state index < -0.39 is 11.5 Å². The molecule has 1 saturated heterocycles. The van der Waals surface area contributed by atoms with Crippen molar-refractivity contribution in [2.75, 3.05) is 31.5 Å². The van der Waals surface area contributed by atoms with Crippen LogP contribution in [0.1, 0.15) is 18.1 Å². The molecule has 1 atom stereocenters. The van der Waals surface area contributed by atoms with Crippen LogP contribution in [0.25, 0.3) is 0 Å². The minimum absolute atomic E-state index is 0.283. The van der Waals surface area contributed by atoms with Crippen molar-refractivity contribution in [2.24, 2.45) is 0 Å². The zero-order valence-electron chi connectivity index (χ0n) is 16.3. The number of nitrogens with one attached hydrogen (secondary N) is 1. The molecule has 2 aliphatic heterocycles. The second-order valence-electron chi connectivity index (χ2n) is 7.64. The molecule has 2 heterocycles. The fraction of sp³-hybridized carbons (Fsp3) is 0.364. The average molecular weight is 379 g/mol. The van der Waals surface area contributed by atoms with Crippen molar-refractivity contribution < 1.29 is 14.3 Å². The van der Waals surface area contributed by atoms with Gasteiger partial charge in [-0.1, -0.05) is 42.0 Å². The van der Waals surface area contributed by atoms with Gasteiger partial charge in [-0.2, -0.15) is 0 Å². The Labute approximate surface area is 165 Å². The summed E-state index contributed by atoms with van der Waals surface area (Å²) in [5.74, 6) is -0.177. The van der Waals surface area contributed by atoms with Crippen LogP contribution < -0.4 is 10.1 Å². The zero-order valence-corrected chi connectivity index (χ0v) is 16.3.